The van der Waals surface area contributed by atoms with Gasteiger partial charge >= 0.3 is 0 Å². The topological polar surface area (TPSA) is 9.23 Å². The van der Waals surface area contributed by atoms with Crippen molar-refractivity contribution in [1.29, 1.82) is 0 Å². The molecule has 0 aliphatic heterocycles. The summed E-state index contributed by atoms with van der Waals surface area (Å²) in [6.07, 6.45) is 11.8. The van der Waals surface area contributed by atoms with E-state index in [1.807, 2.05) is 6.26 Å². The Hall–Kier alpha value is -1.24. The molecule has 4 saturated carbocycles. The fourth-order valence-electron chi connectivity index (χ4n) is 5.07. The first-order valence-corrected chi connectivity index (χ1v) is 8.17. The molecule has 5 rings (SSSR count). The Bertz CT molecular complexity index is 488. The highest BCUT2D eigenvalue weighted by atomic mass is 16.5. The molecule has 0 saturated heterocycles. The maximum Gasteiger partial charge on any atom is 0.103 e. The molecule has 0 aromatic heterocycles. The third-order valence-electron chi connectivity index (χ3n) is 5.81. The number of rotatable bonds is 3. The van der Waals surface area contributed by atoms with Crippen molar-refractivity contribution in [3.8, 4) is 0 Å². The summed E-state index contributed by atoms with van der Waals surface area (Å²) in [5, 5.41) is 0. The quantitative estimate of drug-likeness (QED) is 0.715. The molecule has 1 aromatic carbocycles. The second kappa shape index (κ2) is 4.95. The highest BCUT2D eigenvalue weighted by Gasteiger charge is 2.49. The van der Waals surface area contributed by atoms with E-state index in [1.165, 1.54) is 43.2 Å². The molecule has 0 radical (unpaired) electrons. The van der Waals surface area contributed by atoms with Crippen molar-refractivity contribution in [2.24, 2.45) is 23.7 Å². The summed E-state index contributed by atoms with van der Waals surface area (Å²) in [5.41, 5.74) is 2.59. The second-order valence-electron chi connectivity index (χ2n) is 7.19. The number of hydrogen-bond acceptors (Lipinski definition) is 1. The van der Waals surface area contributed by atoms with E-state index in [-0.39, 0.29) is 0 Å². The Balaban J connectivity index is 1.44. The van der Waals surface area contributed by atoms with Crippen molar-refractivity contribution in [1.82, 2.24) is 0 Å². The number of hydrogen-bond donors (Lipinski definition) is 0. The van der Waals surface area contributed by atoms with E-state index in [4.69, 9.17) is 4.74 Å². The van der Waals surface area contributed by atoms with Crippen LogP contribution in [0.3, 0.4) is 0 Å². The van der Waals surface area contributed by atoms with Crippen LogP contribution in [-0.2, 0) is 4.74 Å². The van der Waals surface area contributed by atoms with E-state index in [9.17, 15) is 0 Å². The molecule has 4 bridgehead atoms. The van der Waals surface area contributed by atoms with Crippen LogP contribution in [0.1, 0.15) is 43.2 Å². The van der Waals surface area contributed by atoms with Gasteiger partial charge in [-0.15, -0.1) is 0 Å². The number of aryl methyl sites for hydroxylation is 1. The monoisotopic (exact) mass is 268 g/mol. The van der Waals surface area contributed by atoms with Crippen LogP contribution in [0, 0.1) is 30.6 Å². The lowest BCUT2D eigenvalue weighted by Gasteiger charge is -2.53. The fraction of sp³-hybridized carbons (Fsp3) is 0.579. The van der Waals surface area contributed by atoms with E-state index in [2.05, 4.69) is 37.3 Å². The Labute approximate surface area is 122 Å². The van der Waals surface area contributed by atoms with Gasteiger partial charge in [-0.1, -0.05) is 24.3 Å². The summed E-state index contributed by atoms with van der Waals surface area (Å²) in [5.74, 6) is 3.73. The zero-order valence-electron chi connectivity index (χ0n) is 12.3. The molecule has 0 atom stereocenters. The van der Waals surface area contributed by atoms with Gasteiger partial charge < -0.3 is 4.74 Å². The summed E-state index contributed by atoms with van der Waals surface area (Å²) in [7, 11) is 0. The predicted octanol–water partition coefficient (Wildman–Crippen LogP) is 4.81. The molecular weight excluding hydrogens is 244 g/mol. The van der Waals surface area contributed by atoms with Gasteiger partial charge in [-0.05, 0) is 79.9 Å². The molecule has 4 fully saturated rings. The summed E-state index contributed by atoms with van der Waals surface area (Å²) >= 11 is 0. The minimum Gasteiger partial charge on any atom is -0.497 e. The highest BCUT2D eigenvalue weighted by Crippen LogP contribution is 2.54. The third-order valence-corrected chi connectivity index (χ3v) is 5.81. The van der Waals surface area contributed by atoms with Gasteiger partial charge in [0.05, 0.1) is 6.26 Å². The van der Waals surface area contributed by atoms with E-state index in [0.717, 1.165) is 23.7 Å². The van der Waals surface area contributed by atoms with E-state index in [1.54, 1.807) is 0 Å². The van der Waals surface area contributed by atoms with Crippen molar-refractivity contribution in [2.75, 3.05) is 0 Å². The van der Waals surface area contributed by atoms with Crippen molar-refractivity contribution < 1.29 is 4.74 Å². The van der Waals surface area contributed by atoms with Crippen LogP contribution < -0.4 is 0 Å². The Morgan fingerprint density at radius 1 is 0.950 bits per heavy atom. The molecule has 1 nitrogen and oxygen atoms in total. The highest BCUT2D eigenvalue weighted by molar-refractivity contribution is 5.52. The van der Waals surface area contributed by atoms with Crippen molar-refractivity contribution in [3.05, 3.63) is 41.7 Å². The first-order valence-electron chi connectivity index (χ1n) is 8.17. The first-order chi connectivity index (χ1) is 9.79. The Morgan fingerprint density at radius 3 is 2.25 bits per heavy atom. The molecule has 1 aromatic rings. The van der Waals surface area contributed by atoms with Crippen molar-refractivity contribution >= 4 is 6.08 Å². The summed E-state index contributed by atoms with van der Waals surface area (Å²) in [6, 6.07) is 8.50. The number of benzene rings is 1. The molecule has 0 N–H and O–H groups in total. The zero-order valence-corrected chi connectivity index (χ0v) is 12.3. The smallest absolute Gasteiger partial charge is 0.103 e. The van der Waals surface area contributed by atoms with Gasteiger partial charge in [-0.3, -0.25) is 0 Å². The van der Waals surface area contributed by atoms with E-state index < -0.39 is 0 Å². The van der Waals surface area contributed by atoms with Gasteiger partial charge in [-0.25, -0.2) is 0 Å². The van der Waals surface area contributed by atoms with Crippen LogP contribution >= 0.6 is 0 Å². The molecule has 4 aliphatic rings. The Kier molecular flexibility index (Phi) is 3.09. The van der Waals surface area contributed by atoms with Crippen LogP contribution in [0.2, 0.25) is 0 Å². The molecule has 0 spiro atoms. The molecule has 106 valence electrons. The van der Waals surface area contributed by atoms with Crippen molar-refractivity contribution in [3.63, 3.8) is 0 Å². The second-order valence-corrected chi connectivity index (χ2v) is 7.19. The van der Waals surface area contributed by atoms with Crippen LogP contribution in [0.5, 0.6) is 0 Å². The standard InChI is InChI=1S/C19H24O/c1-13-4-2-3-5-16(13)6-7-20-19-17-9-14-8-15(11-17)12-18(19)10-14/h2-7,14-15,17-19H,8-12H2,1H3. The van der Waals surface area contributed by atoms with Gasteiger partial charge in [0, 0.05) is 0 Å². The zero-order chi connectivity index (χ0) is 13.5. The van der Waals surface area contributed by atoms with E-state index >= 15 is 0 Å². The van der Waals surface area contributed by atoms with Crippen LogP contribution in [-0.4, -0.2) is 6.10 Å². The molecular formula is C19H24O. The normalized spacial score (nSPS) is 38.5. The molecule has 4 aliphatic carbocycles. The predicted molar refractivity (Wildman–Crippen MR) is 82.1 cm³/mol. The van der Waals surface area contributed by atoms with Crippen LogP contribution in [0.15, 0.2) is 30.5 Å². The molecule has 0 heterocycles. The van der Waals surface area contributed by atoms with Gasteiger partial charge in [0.1, 0.15) is 6.10 Å². The van der Waals surface area contributed by atoms with Gasteiger partial charge in [-0.2, -0.15) is 0 Å². The summed E-state index contributed by atoms with van der Waals surface area (Å²) in [4.78, 5) is 0. The minimum atomic E-state index is 0.503. The molecule has 0 amide bonds. The summed E-state index contributed by atoms with van der Waals surface area (Å²) in [6.45, 7) is 2.16. The van der Waals surface area contributed by atoms with Gasteiger partial charge in [0.15, 0.2) is 0 Å². The third kappa shape index (κ3) is 2.17. The van der Waals surface area contributed by atoms with Crippen LogP contribution in [0.4, 0.5) is 0 Å². The Morgan fingerprint density at radius 2 is 1.60 bits per heavy atom. The molecule has 20 heavy (non-hydrogen) atoms. The molecule has 0 unspecified atom stereocenters. The van der Waals surface area contributed by atoms with Crippen LogP contribution in [0.25, 0.3) is 6.08 Å². The largest absolute Gasteiger partial charge is 0.497 e. The lowest BCUT2D eigenvalue weighted by molar-refractivity contribution is -0.0968. The average molecular weight is 268 g/mol. The number of ether oxygens (including phenoxy) is 1. The maximum absolute atomic E-state index is 6.20. The fourth-order valence-corrected chi connectivity index (χ4v) is 5.07. The van der Waals surface area contributed by atoms with Crippen molar-refractivity contribution in [2.45, 2.75) is 45.1 Å². The van der Waals surface area contributed by atoms with E-state index in [0.29, 0.717) is 6.10 Å². The first kappa shape index (κ1) is 12.5. The molecule has 1 heteroatoms. The average Bonchev–Trinajstić information content (AvgIpc) is 2.43. The lowest BCUT2D eigenvalue weighted by atomic mass is 9.55. The minimum absolute atomic E-state index is 0.503. The maximum atomic E-state index is 6.20. The van der Waals surface area contributed by atoms with Gasteiger partial charge in [0.25, 0.3) is 0 Å². The summed E-state index contributed by atoms with van der Waals surface area (Å²) < 4.78 is 6.20. The SMILES string of the molecule is Cc1ccccc1C=COC1C2CC3CC(C2)CC1C3. The lowest BCUT2D eigenvalue weighted by Crippen LogP contribution is -2.48. The van der Waals surface area contributed by atoms with Gasteiger partial charge in [0.2, 0.25) is 0 Å².